The largest absolute Gasteiger partial charge is 0.444 e. The summed E-state index contributed by atoms with van der Waals surface area (Å²) in [6.45, 7) is 6.98. The zero-order chi connectivity index (χ0) is 15.0. The number of nitrogens with zero attached hydrogens (tertiary/aromatic N) is 4. The van der Waals surface area contributed by atoms with Crippen molar-refractivity contribution in [3.8, 4) is 0 Å². The van der Waals surface area contributed by atoms with E-state index >= 15 is 0 Å². The monoisotopic (exact) mass is 288 g/mol. The summed E-state index contributed by atoms with van der Waals surface area (Å²) in [5.74, 6) is 0. The molecule has 3 rings (SSSR count). The van der Waals surface area contributed by atoms with Crippen LogP contribution >= 0.6 is 0 Å². The molecule has 2 aromatic heterocycles. The lowest BCUT2D eigenvalue weighted by atomic mass is 10.2. The summed E-state index contributed by atoms with van der Waals surface area (Å²) in [5.41, 5.74) is 1.29. The molecule has 3 heterocycles. The molecule has 0 spiro atoms. The molecular weight excluding hydrogens is 268 g/mol. The molecule has 0 N–H and O–H groups in total. The van der Waals surface area contributed by atoms with Crippen molar-refractivity contribution in [1.29, 1.82) is 0 Å². The Morgan fingerprint density at radius 3 is 2.95 bits per heavy atom. The van der Waals surface area contributed by atoms with E-state index in [0.717, 1.165) is 17.6 Å². The van der Waals surface area contributed by atoms with E-state index in [4.69, 9.17) is 4.74 Å². The first-order chi connectivity index (χ1) is 9.94. The van der Waals surface area contributed by atoms with Crippen molar-refractivity contribution in [3.05, 3.63) is 24.7 Å². The van der Waals surface area contributed by atoms with Crippen LogP contribution in [0.3, 0.4) is 0 Å². The number of pyridine rings is 1. The number of hydrogen-bond donors (Lipinski definition) is 0. The second-order valence-corrected chi connectivity index (χ2v) is 6.37. The van der Waals surface area contributed by atoms with Crippen molar-refractivity contribution in [3.63, 3.8) is 0 Å². The van der Waals surface area contributed by atoms with Gasteiger partial charge in [0.1, 0.15) is 11.1 Å². The summed E-state index contributed by atoms with van der Waals surface area (Å²) in [7, 11) is 0. The minimum Gasteiger partial charge on any atom is -0.444 e. The second kappa shape index (κ2) is 5.02. The van der Waals surface area contributed by atoms with Crippen LogP contribution in [0, 0.1) is 0 Å². The van der Waals surface area contributed by atoms with Crippen LogP contribution in [-0.2, 0) is 4.74 Å². The fraction of sp³-hybridized carbons (Fsp3) is 0.533. The van der Waals surface area contributed by atoms with Crippen LogP contribution in [0.15, 0.2) is 24.7 Å². The summed E-state index contributed by atoms with van der Waals surface area (Å²) in [4.78, 5) is 22.6. The third kappa shape index (κ3) is 2.84. The second-order valence-electron chi connectivity index (χ2n) is 6.37. The molecule has 6 nitrogen and oxygen atoms in total. The minimum atomic E-state index is -0.460. The lowest BCUT2D eigenvalue weighted by Crippen LogP contribution is -2.35. The van der Waals surface area contributed by atoms with Gasteiger partial charge in [0.05, 0.1) is 12.4 Å². The van der Waals surface area contributed by atoms with Crippen LogP contribution in [0.4, 0.5) is 4.79 Å². The van der Waals surface area contributed by atoms with Crippen LogP contribution in [-0.4, -0.2) is 44.2 Å². The van der Waals surface area contributed by atoms with Gasteiger partial charge in [-0.15, -0.1) is 0 Å². The average Bonchev–Trinajstić information content (AvgIpc) is 3.03. The Kier molecular flexibility index (Phi) is 3.31. The first-order valence-corrected chi connectivity index (χ1v) is 7.19. The van der Waals surface area contributed by atoms with Gasteiger partial charge >= 0.3 is 6.09 Å². The molecule has 0 aliphatic carbocycles. The number of ether oxygens (including phenoxy) is 1. The third-order valence-corrected chi connectivity index (χ3v) is 3.54. The lowest BCUT2D eigenvalue weighted by Gasteiger charge is -2.24. The van der Waals surface area contributed by atoms with Crippen molar-refractivity contribution in [2.24, 2.45) is 0 Å². The number of carbonyl (C=O) groups excluding carboxylic acids is 1. The highest BCUT2D eigenvalue weighted by atomic mass is 16.6. The predicted molar refractivity (Wildman–Crippen MR) is 79.0 cm³/mol. The van der Waals surface area contributed by atoms with Crippen LogP contribution in [0.5, 0.6) is 0 Å². The predicted octanol–water partition coefficient (Wildman–Crippen LogP) is 2.61. The van der Waals surface area contributed by atoms with Crippen molar-refractivity contribution >= 4 is 17.3 Å². The minimum absolute atomic E-state index is 0.206. The number of hydrogen-bond acceptors (Lipinski definition) is 4. The average molecular weight is 288 g/mol. The fourth-order valence-corrected chi connectivity index (χ4v) is 2.60. The quantitative estimate of drug-likeness (QED) is 0.809. The number of aromatic nitrogens is 3. The molecule has 1 aliphatic heterocycles. The number of fused-ring (bicyclic) bond motifs is 1. The van der Waals surface area contributed by atoms with Crippen LogP contribution in [0.1, 0.15) is 33.2 Å². The molecule has 1 atom stereocenters. The van der Waals surface area contributed by atoms with Crippen LogP contribution in [0.2, 0.25) is 0 Å². The van der Waals surface area contributed by atoms with Crippen molar-refractivity contribution < 1.29 is 9.53 Å². The Bertz CT molecular complexity index is 659. The van der Waals surface area contributed by atoms with Gasteiger partial charge in [0.15, 0.2) is 5.65 Å². The third-order valence-electron chi connectivity index (χ3n) is 3.54. The Morgan fingerprint density at radius 2 is 2.19 bits per heavy atom. The van der Waals surface area contributed by atoms with Crippen LogP contribution < -0.4 is 0 Å². The molecule has 6 heteroatoms. The van der Waals surface area contributed by atoms with Gasteiger partial charge in [0.2, 0.25) is 0 Å². The number of imidazole rings is 1. The Labute approximate surface area is 123 Å². The highest BCUT2D eigenvalue weighted by molar-refractivity contribution is 5.71. The summed E-state index contributed by atoms with van der Waals surface area (Å²) in [6.07, 6.45) is 4.21. The Hall–Kier alpha value is -2.11. The first-order valence-electron chi connectivity index (χ1n) is 7.19. The summed E-state index contributed by atoms with van der Waals surface area (Å²) < 4.78 is 7.48. The molecular formula is C15H20N4O2. The van der Waals surface area contributed by atoms with Crippen molar-refractivity contribution in [2.75, 3.05) is 13.1 Å². The van der Waals surface area contributed by atoms with E-state index in [0.29, 0.717) is 13.1 Å². The SMILES string of the molecule is CC(C)(C)OC(=O)N1CC[C@@H](n2cnc3cccnc32)C1. The molecule has 0 radical (unpaired) electrons. The maximum Gasteiger partial charge on any atom is 0.410 e. The zero-order valence-electron chi connectivity index (χ0n) is 12.6. The molecule has 1 saturated heterocycles. The molecule has 0 bridgehead atoms. The van der Waals surface area contributed by atoms with Crippen molar-refractivity contribution in [1.82, 2.24) is 19.4 Å². The van der Waals surface area contributed by atoms with E-state index < -0.39 is 5.60 Å². The number of rotatable bonds is 1. The molecule has 1 aliphatic rings. The molecule has 0 saturated carbocycles. The van der Waals surface area contributed by atoms with Gasteiger partial charge in [-0.3, -0.25) is 0 Å². The van der Waals surface area contributed by atoms with Gasteiger partial charge in [-0.2, -0.15) is 0 Å². The molecule has 2 aromatic rings. The smallest absolute Gasteiger partial charge is 0.410 e. The number of carbonyl (C=O) groups is 1. The van der Waals surface area contributed by atoms with Gasteiger partial charge in [-0.25, -0.2) is 14.8 Å². The van der Waals surface area contributed by atoms with Gasteiger partial charge < -0.3 is 14.2 Å². The maximum atomic E-state index is 12.1. The molecule has 21 heavy (non-hydrogen) atoms. The van der Waals surface area contributed by atoms with E-state index in [1.165, 1.54) is 0 Å². The summed E-state index contributed by atoms with van der Waals surface area (Å²) >= 11 is 0. The van der Waals surface area contributed by atoms with Crippen molar-refractivity contribution in [2.45, 2.75) is 38.8 Å². The molecule has 1 fully saturated rings. The number of amides is 1. The molecule has 1 amide bonds. The van der Waals surface area contributed by atoms with E-state index in [9.17, 15) is 4.79 Å². The molecule has 0 unspecified atom stereocenters. The summed E-state index contributed by atoms with van der Waals surface area (Å²) in [5, 5.41) is 0. The van der Waals surface area contributed by atoms with Crippen LogP contribution in [0.25, 0.3) is 11.2 Å². The van der Waals surface area contributed by atoms with Gasteiger partial charge in [-0.05, 0) is 39.3 Å². The topological polar surface area (TPSA) is 60.2 Å². The van der Waals surface area contributed by atoms with E-state index in [2.05, 4.69) is 14.5 Å². The Morgan fingerprint density at radius 1 is 1.38 bits per heavy atom. The van der Waals surface area contributed by atoms with Gasteiger partial charge in [0.25, 0.3) is 0 Å². The summed E-state index contributed by atoms with van der Waals surface area (Å²) in [6, 6.07) is 4.03. The van der Waals surface area contributed by atoms with E-state index in [1.807, 2.05) is 32.9 Å². The van der Waals surface area contributed by atoms with E-state index in [1.54, 1.807) is 17.4 Å². The number of likely N-dealkylation sites (tertiary alicyclic amines) is 1. The molecule has 112 valence electrons. The first kappa shape index (κ1) is 13.9. The highest BCUT2D eigenvalue weighted by Gasteiger charge is 2.31. The fourth-order valence-electron chi connectivity index (χ4n) is 2.60. The lowest BCUT2D eigenvalue weighted by molar-refractivity contribution is 0.0289. The Balaban J connectivity index is 1.74. The van der Waals surface area contributed by atoms with Gasteiger partial charge in [-0.1, -0.05) is 0 Å². The van der Waals surface area contributed by atoms with Gasteiger partial charge in [0, 0.05) is 19.3 Å². The maximum absolute atomic E-state index is 12.1. The standard InChI is InChI=1S/C15H20N4O2/c1-15(2,3)21-14(20)18-8-6-11(9-18)19-10-17-12-5-4-7-16-13(12)19/h4-5,7,10-11H,6,8-9H2,1-3H3/t11-/m1/s1. The normalized spacial score (nSPS) is 19.2. The highest BCUT2D eigenvalue weighted by Crippen LogP contribution is 2.26. The van der Waals surface area contributed by atoms with E-state index in [-0.39, 0.29) is 12.1 Å². The zero-order valence-corrected chi connectivity index (χ0v) is 12.6. The molecule has 0 aromatic carbocycles.